The lowest BCUT2D eigenvalue weighted by Gasteiger charge is -2.37. The van der Waals surface area contributed by atoms with E-state index >= 15 is 0 Å². The fraction of sp³-hybridized carbons (Fsp3) is 0.471. The lowest BCUT2D eigenvalue weighted by Crippen LogP contribution is -2.49. The molecule has 0 saturated carbocycles. The molecule has 6 nitrogen and oxygen atoms in total. The number of rotatable bonds is 4. The maximum Gasteiger partial charge on any atom is 0.317 e. The molecule has 1 aliphatic heterocycles. The van der Waals surface area contributed by atoms with E-state index in [9.17, 15) is 4.79 Å². The highest BCUT2D eigenvalue weighted by molar-refractivity contribution is 8.00. The molecule has 1 N–H and O–H groups in total. The molecule has 1 aromatic heterocycles. The van der Waals surface area contributed by atoms with Crippen LogP contribution >= 0.6 is 11.8 Å². The average Bonchev–Trinajstić information content (AvgIpc) is 3.05. The van der Waals surface area contributed by atoms with E-state index in [1.165, 1.54) is 6.33 Å². The lowest BCUT2D eigenvalue weighted by molar-refractivity contribution is 0.194. The van der Waals surface area contributed by atoms with Crippen LogP contribution in [0.1, 0.15) is 25.0 Å². The number of hydrogen-bond donors (Lipinski definition) is 1. The number of benzene rings is 1. The van der Waals surface area contributed by atoms with Crippen molar-refractivity contribution in [1.82, 2.24) is 25.0 Å². The minimum absolute atomic E-state index is 0.0186. The molecule has 0 aliphatic carbocycles. The summed E-state index contributed by atoms with van der Waals surface area (Å²) in [6.07, 6.45) is 3.23. The van der Waals surface area contributed by atoms with Gasteiger partial charge in [-0.2, -0.15) is 16.9 Å². The van der Waals surface area contributed by atoms with E-state index in [1.54, 1.807) is 11.0 Å². The van der Waals surface area contributed by atoms with Crippen molar-refractivity contribution in [3.8, 4) is 0 Å². The molecule has 0 unspecified atom stereocenters. The van der Waals surface area contributed by atoms with E-state index in [0.29, 0.717) is 13.1 Å². The van der Waals surface area contributed by atoms with Gasteiger partial charge in [0.25, 0.3) is 0 Å². The van der Waals surface area contributed by atoms with Crippen molar-refractivity contribution < 1.29 is 4.79 Å². The van der Waals surface area contributed by atoms with Crippen molar-refractivity contribution in [2.24, 2.45) is 0 Å². The SMILES string of the molecule is CC1(C)CN(C(=O)NCc2cccc(Cn3cncn3)c2)CCS1. The highest BCUT2D eigenvalue weighted by Gasteiger charge is 2.29. The van der Waals surface area contributed by atoms with Gasteiger partial charge in [0.2, 0.25) is 0 Å². The van der Waals surface area contributed by atoms with Crippen LogP contribution in [0.5, 0.6) is 0 Å². The largest absolute Gasteiger partial charge is 0.334 e. The summed E-state index contributed by atoms with van der Waals surface area (Å²) in [6.45, 7) is 7.19. The monoisotopic (exact) mass is 345 g/mol. The third kappa shape index (κ3) is 4.50. The molecule has 0 atom stereocenters. The molecule has 7 heteroatoms. The third-order valence-corrected chi connectivity index (χ3v) is 5.26. The van der Waals surface area contributed by atoms with Gasteiger partial charge in [0.1, 0.15) is 12.7 Å². The summed E-state index contributed by atoms with van der Waals surface area (Å²) in [5.41, 5.74) is 2.23. The Bertz CT molecular complexity index is 686. The zero-order valence-electron chi connectivity index (χ0n) is 14.1. The number of thioether (sulfide) groups is 1. The normalized spacial score (nSPS) is 16.8. The first-order valence-electron chi connectivity index (χ1n) is 8.09. The summed E-state index contributed by atoms with van der Waals surface area (Å²) in [5, 5.41) is 7.15. The summed E-state index contributed by atoms with van der Waals surface area (Å²) in [5.74, 6) is 0.994. The topological polar surface area (TPSA) is 63.1 Å². The Morgan fingerprint density at radius 2 is 2.21 bits per heavy atom. The molecule has 1 fully saturated rings. The maximum absolute atomic E-state index is 12.4. The van der Waals surface area contributed by atoms with Gasteiger partial charge in [0, 0.05) is 30.1 Å². The number of carbonyl (C=O) groups excluding carboxylic acids is 1. The molecule has 2 amide bonds. The first-order valence-corrected chi connectivity index (χ1v) is 9.07. The van der Waals surface area contributed by atoms with Crippen molar-refractivity contribution in [1.29, 1.82) is 0 Å². The van der Waals surface area contributed by atoms with E-state index in [-0.39, 0.29) is 10.8 Å². The summed E-state index contributed by atoms with van der Waals surface area (Å²) < 4.78 is 1.92. The molecule has 2 heterocycles. The van der Waals surface area contributed by atoms with Gasteiger partial charge in [-0.1, -0.05) is 24.3 Å². The molecule has 1 aliphatic rings. The number of nitrogens with zero attached hydrogens (tertiary/aromatic N) is 4. The highest BCUT2D eigenvalue weighted by atomic mass is 32.2. The van der Waals surface area contributed by atoms with Gasteiger partial charge in [-0.05, 0) is 25.0 Å². The fourth-order valence-corrected chi connectivity index (χ4v) is 3.93. The maximum atomic E-state index is 12.4. The van der Waals surface area contributed by atoms with Crippen molar-refractivity contribution in [3.63, 3.8) is 0 Å². The predicted molar refractivity (Wildman–Crippen MR) is 95.9 cm³/mol. The Morgan fingerprint density at radius 1 is 1.38 bits per heavy atom. The lowest BCUT2D eigenvalue weighted by atomic mass is 10.1. The van der Waals surface area contributed by atoms with Crippen LogP contribution in [0, 0.1) is 0 Å². The molecule has 0 bridgehead atoms. The summed E-state index contributed by atoms with van der Waals surface area (Å²) in [7, 11) is 0. The first kappa shape index (κ1) is 16.8. The molecule has 128 valence electrons. The fourth-order valence-electron chi connectivity index (χ4n) is 2.82. The smallest absolute Gasteiger partial charge is 0.317 e. The second kappa shape index (κ2) is 7.25. The van der Waals surface area contributed by atoms with Gasteiger partial charge < -0.3 is 10.2 Å². The van der Waals surface area contributed by atoms with Crippen molar-refractivity contribution in [2.45, 2.75) is 31.7 Å². The van der Waals surface area contributed by atoms with Crippen LogP contribution in [0.4, 0.5) is 4.79 Å². The Balaban J connectivity index is 1.55. The zero-order chi connectivity index (χ0) is 17.0. The molecule has 24 heavy (non-hydrogen) atoms. The van der Waals surface area contributed by atoms with Gasteiger partial charge in [-0.3, -0.25) is 0 Å². The van der Waals surface area contributed by atoms with Gasteiger partial charge in [0.15, 0.2) is 0 Å². The van der Waals surface area contributed by atoms with Crippen LogP contribution in [0.2, 0.25) is 0 Å². The van der Waals surface area contributed by atoms with Crippen LogP contribution in [-0.2, 0) is 13.1 Å². The minimum atomic E-state index is 0.0186. The van der Waals surface area contributed by atoms with E-state index in [2.05, 4.69) is 41.4 Å². The Labute approximate surface area is 146 Å². The Kier molecular flexibility index (Phi) is 5.08. The van der Waals surface area contributed by atoms with E-state index in [4.69, 9.17) is 0 Å². The van der Waals surface area contributed by atoms with Crippen LogP contribution in [-0.4, -0.2) is 49.3 Å². The summed E-state index contributed by atoms with van der Waals surface area (Å²) in [4.78, 5) is 18.2. The minimum Gasteiger partial charge on any atom is -0.334 e. The Morgan fingerprint density at radius 3 is 2.96 bits per heavy atom. The zero-order valence-corrected chi connectivity index (χ0v) is 14.9. The first-order chi connectivity index (χ1) is 11.5. The number of hydrogen-bond acceptors (Lipinski definition) is 4. The van der Waals surface area contributed by atoms with Crippen molar-refractivity contribution in [2.75, 3.05) is 18.8 Å². The highest BCUT2D eigenvalue weighted by Crippen LogP contribution is 2.29. The third-order valence-electron chi connectivity index (χ3n) is 3.96. The molecule has 0 spiro atoms. The van der Waals surface area contributed by atoms with Crippen LogP contribution in [0.3, 0.4) is 0 Å². The number of aromatic nitrogens is 3. The molecule has 0 radical (unpaired) electrons. The van der Waals surface area contributed by atoms with E-state index in [0.717, 1.165) is 30.0 Å². The number of carbonyl (C=O) groups is 1. The molecular weight excluding hydrogens is 322 g/mol. The predicted octanol–water partition coefficient (Wildman–Crippen LogP) is 2.36. The Hall–Kier alpha value is -2.02. The second-order valence-electron chi connectivity index (χ2n) is 6.60. The van der Waals surface area contributed by atoms with Crippen LogP contribution < -0.4 is 5.32 Å². The van der Waals surface area contributed by atoms with E-state index in [1.807, 2.05) is 28.8 Å². The van der Waals surface area contributed by atoms with Crippen molar-refractivity contribution >= 4 is 17.8 Å². The molecule has 1 saturated heterocycles. The summed E-state index contributed by atoms with van der Waals surface area (Å²) in [6, 6.07) is 8.20. The quantitative estimate of drug-likeness (QED) is 0.924. The standard InChI is InChI=1S/C17H23N5OS/c1-17(2)11-21(6-7-24-17)16(23)19-9-14-4-3-5-15(8-14)10-22-13-18-12-20-22/h3-5,8,12-13H,6-7,9-11H2,1-2H3,(H,19,23). The summed E-state index contributed by atoms with van der Waals surface area (Å²) >= 11 is 1.92. The second-order valence-corrected chi connectivity index (χ2v) is 8.40. The average molecular weight is 345 g/mol. The van der Waals surface area contributed by atoms with Crippen LogP contribution in [0.25, 0.3) is 0 Å². The van der Waals surface area contributed by atoms with E-state index < -0.39 is 0 Å². The van der Waals surface area contributed by atoms with Crippen molar-refractivity contribution in [3.05, 3.63) is 48.0 Å². The molecule has 2 aromatic rings. The number of amides is 2. The van der Waals surface area contributed by atoms with Gasteiger partial charge in [-0.25, -0.2) is 14.5 Å². The number of nitrogens with one attached hydrogen (secondary N) is 1. The van der Waals surface area contributed by atoms with Gasteiger partial charge >= 0.3 is 6.03 Å². The number of urea groups is 1. The van der Waals surface area contributed by atoms with Gasteiger partial charge in [-0.15, -0.1) is 0 Å². The van der Waals surface area contributed by atoms with Gasteiger partial charge in [0.05, 0.1) is 6.54 Å². The molecular formula is C17H23N5OS. The molecule has 3 rings (SSSR count). The molecule has 1 aromatic carbocycles. The van der Waals surface area contributed by atoms with Crippen LogP contribution in [0.15, 0.2) is 36.9 Å².